The topological polar surface area (TPSA) is 75.6 Å². The van der Waals surface area contributed by atoms with E-state index in [1.165, 1.54) is 0 Å². The summed E-state index contributed by atoms with van der Waals surface area (Å²) in [7, 11) is -6.09. The van der Waals surface area contributed by atoms with Crippen LogP contribution in [0.1, 0.15) is 55.4 Å². The molecule has 10 heteroatoms. The molecule has 4 atom stereocenters. The molecular formula is C41H50ClNO6Si2. The molecule has 4 aromatic rings. The molecule has 0 N–H and O–H groups in total. The van der Waals surface area contributed by atoms with Crippen molar-refractivity contribution in [1.82, 2.24) is 0 Å². The van der Waals surface area contributed by atoms with Gasteiger partial charge in [-0.15, -0.1) is 4.91 Å². The smallest absolute Gasteiger partial charge is 0.261 e. The summed E-state index contributed by atoms with van der Waals surface area (Å²) in [6.07, 6.45) is -2.09. The van der Waals surface area contributed by atoms with Crippen LogP contribution in [0.2, 0.25) is 10.1 Å². The van der Waals surface area contributed by atoms with Crippen molar-refractivity contribution >= 4 is 49.0 Å². The van der Waals surface area contributed by atoms with Gasteiger partial charge >= 0.3 is 0 Å². The van der Waals surface area contributed by atoms with Gasteiger partial charge in [-0.05, 0) is 49.8 Å². The number of halogens is 1. The zero-order chi connectivity index (χ0) is 36.8. The molecule has 0 aromatic heterocycles. The van der Waals surface area contributed by atoms with Gasteiger partial charge in [-0.3, -0.25) is 0 Å². The fraction of sp³-hybridized carbons (Fsp3) is 0.415. The predicted octanol–water partition coefficient (Wildman–Crippen LogP) is 7.09. The first-order valence-electron chi connectivity index (χ1n) is 17.6. The van der Waals surface area contributed by atoms with Gasteiger partial charge in [0.2, 0.25) is 10.8 Å². The number of nitroso groups, excluding NO2 is 1. The van der Waals surface area contributed by atoms with Crippen molar-refractivity contribution in [2.75, 3.05) is 13.2 Å². The molecule has 0 amide bonds. The number of hydrogen-bond acceptors (Lipinski definition) is 7. The van der Waals surface area contributed by atoms with Gasteiger partial charge < -0.3 is 23.1 Å². The van der Waals surface area contributed by atoms with Crippen molar-refractivity contribution < 1.29 is 23.1 Å². The maximum absolute atomic E-state index is 13.0. The molecule has 6 rings (SSSR count). The van der Waals surface area contributed by atoms with Crippen molar-refractivity contribution in [1.29, 1.82) is 0 Å². The number of alkyl halides is 1. The van der Waals surface area contributed by atoms with E-state index in [0.29, 0.717) is 0 Å². The van der Waals surface area contributed by atoms with Gasteiger partial charge in [0.15, 0.2) is 11.9 Å². The average molecular weight is 744 g/mol. The van der Waals surface area contributed by atoms with E-state index in [-0.39, 0.29) is 23.3 Å². The third kappa shape index (κ3) is 6.50. The number of benzene rings is 4. The lowest BCUT2D eigenvalue weighted by Crippen LogP contribution is -2.68. The van der Waals surface area contributed by atoms with Crippen LogP contribution < -0.4 is 20.7 Å². The first kappa shape index (κ1) is 37.8. The largest absolute Gasteiger partial charge is 0.405 e. The highest BCUT2D eigenvalue weighted by molar-refractivity contribution is 7.00. The Labute approximate surface area is 309 Å². The van der Waals surface area contributed by atoms with Crippen molar-refractivity contribution in [2.24, 2.45) is 5.18 Å². The van der Waals surface area contributed by atoms with Crippen LogP contribution in [0.5, 0.6) is 0 Å². The summed E-state index contributed by atoms with van der Waals surface area (Å²) in [6.45, 7) is 16.7. The average Bonchev–Trinajstić information content (AvgIpc) is 3.50. The molecule has 0 saturated carbocycles. The molecule has 2 aliphatic rings. The van der Waals surface area contributed by atoms with E-state index < -0.39 is 45.4 Å². The van der Waals surface area contributed by atoms with Gasteiger partial charge in [0.1, 0.15) is 6.10 Å². The third-order valence-corrected chi connectivity index (χ3v) is 20.8. The standard InChI is InChI=1S/C41H50ClNO6Si2/c1-37(2,3)50(31-21-13-9-14-22-31,32-23-15-10-16-24-32)45-29-35-41(42,43-44)36-40(47-35,49-39(7,8)48-36)30-46-51(38(4,5)6,33-25-17-11-18-26-33)34-27-19-12-20-28-34/h9-28,35-36H,29-30H2,1-8H3/t35-,36+,40-,41-/m0/s1. The lowest BCUT2D eigenvalue weighted by atomic mass is 10.0. The second-order valence-corrected chi connectivity index (χ2v) is 25.4. The summed E-state index contributed by atoms with van der Waals surface area (Å²) in [4.78, 5) is 11.2. The van der Waals surface area contributed by atoms with E-state index in [1.54, 1.807) is 13.8 Å². The molecule has 4 aromatic carbocycles. The maximum atomic E-state index is 13.0. The number of rotatable bonds is 11. The molecule has 2 fully saturated rings. The molecule has 2 aliphatic heterocycles. The minimum absolute atomic E-state index is 0.0207. The van der Waals surface area contributed by atoms with Gasteiger partial charge in [-0.2, -0.15) is 0 Å². The van der Waals surface area contributed by atoms with Crippen molar-refractivity contribution in [2.45, 2.75) is 94.2 Å². The van der Waals surface area contributed by atoms with Crippen molar-refractivity contribution in [3.63, 3.8) is 0 Å². The number of hydrogen-bond donors (Lipinski definition) is 0. The molecule has 0 radical (unpaired) electrons. The molecule has 7 nitrogen and oxygen atoms in total. The minimum atomic E-state index is -3.06. The van der Waals surface area contributed by atoms with Gasteiger partial charge in [0, 0.05) is 0 Å². The highest BCUT2D eigenvalue weighted by atomic mass is 35.5. The lowest BCUT2D eigenvalue weighted by Gasteiger charge is -2.45. The molecule has 2 saturated heterocycles. The Morgan fingerprint density at radius 2 is 1.02 bits per heavy atom. The molecular weight excluding hydrogens is 694 g/mol. The second kappa shape index (κ2) is 13.8. The zero-order valence-electron chi connectivity index (χ0n) is 30.9. The van der Waals surface area contributed by atoms with Crippen molar-refractivity contribution in [3.8, 4) is 0 Å². The summed E-state index contributed by atoms with van der Waals surface area (Å²) < 4.78 is 34.6. The van der Waals surface area contributed by atoms with Gasteiger partial charge in [-0.25, -0.2) is 0 Å². The number of nitrogens with zero attached hydrogens (tertiary/aromatic N) is 1. The molecule has 2 heterocycles. The molecule has 0 aliphatic carbocycles. The summed E-state index contributed by atoms with van der Waals surface area (Å²) >= 11 is 7.33. The molecule has 0 spiro atoms. The molecule has 0 bridgehead atoms. The summed E-state index contributed by atoms with van der Waals surface area (Å²) in [5, 5.41) is 7.32. The molecule has 270 valence electrons. The normalized spacial score (nSPS) is 25.0. The number of ether oxygens (including phenoxy) is 3. The van der Waals surface area contributed by atoms with E-state index >= 15 is 0 Å². The fourth-order valence-electron chi connectivity index (χ4n) is 8.17. The Bertz CT molecular complexity index is 1710. The van der Waals surface area contributed by atoms with Crippen LogP contribution >= 0.6 is 11.6 Å². The quantitative estimate of drug-likeness (QED) is 0.0708. The van der Waals surface area contributed by atoms with Gasteiger partial charge in [-0.1, -0.05) is 174 Å². The second-order valence-electron chi connectivity index (χ2n) is 16.2. The van der Waals surface area contributed by atoms with Crippen LogP contribution in [0.4, 0.5) is 0 Å². The van der Waals surface area contributed by atoms with E-state index in [4.69, 9.17) is 34.7 Å². The summed E-state index contributed by atoms with van der Waals surface area (Å²) in [5.74, 6) is -2.68. The SMILES string of the molecule is CC1(C)O[C@@H]2[C@@](CO[Si](c3ccccc3)(c3ccccc3)C(C)(C)C)(O[C@@H](CO[Si](c3ccccc3)(c3ccccc3)C(C)(C)C)[C@]2(Cl)N=O)O1. The first-order valence-corrected chi connectivity index (χ1v) is 21.8. The van der Waals surface area contributed by atoms with Crippen LogP contribution in [0.15, 0.2) is 127 Å². The van der Waals surface area contributed by atoms with E-state index in [1.807, 2.05) is 72.8 Å². The van der Waals surface area contributed by atoms with Gasteiger partial charge in [0.25, 0.3) is 16.6 Å². The predicted molar refractivity (Wildman–Crippen MR) is 209 cm³/mol. The third-order valence-electron chi connectivity index (χ3n) is 10.3. The van der Waals surface area contributed by atoms with Crippen LogP contribution in [0.25, 0.3) is 0 Å². The number of fused-ring (bicyclic) bond motifs is 1. The Hall–Kier alpha value is -3.00. The minimum Gasteiger partial charge on any atom is -0.405 e. The van der Waals surface area contributed by atoms with Crippen LogP contribution in [0, 0.1) is 4.91 Å². The fourth-order valence-corrected chi connectivity index (χ4v) is 17.6. The summed E-state index contributed by atoms with van der Waals surface area (Å²) in [6, 6.07) is 41.3. The molecule has 51 heavy (non-hydrogen) atoms. The van der Waals surface area contributed by atoms with Gasteiger partial charge in [0.05, 0.1) is 13.2 Å². The summed E-state index contributed by atoms with van der Waals surface area (Å²) in [5.41, 5.74) is 0. The van der Waals surface area contributed by atoms with E-state index in [2.05, 4.69) is 95.3 Å². The highest BCUT2D eigenvalue weighted by Crippen LogP contribution is 2.54. The Kier molecular flexibility index (Phi) is 10.2. The molecule has 0 unspecified atom stereocenters. The lowest BCUT2D eigenvalue weighted by molar-refractivity contribution is -0.272. The maximum Gasteiger partial charge on any atom is 0.261 e. The Morgan fingerprint density at radius 3 is 1.37 bits per heavy atom. The zero-order valence-corrected chi connectivity index (χ0v) is 33.6. The van der Waals surface area contributed by atoms with Crippen LogP contribution in [-0.2, 0) is 23.1 Å². The van der Waals surface area contributed by atoms with E-state index in [9.17, 15) is 4.91 Å². The Balaban J connectivity index is 1.42. The highest BCUT2D eigenvalue weighted by Gasteiger charge is 2.74. The Morgan fingerprint density at radius 1 is 0.647 bits per heavy atom. The van der Waals surface area contributed by atoms with Crippen LogP contribution in [-0.4, -0.2) is 58.6 Å². The van der Waals surface area contributed by atoms with Crippen LogP contribution in [0.3, 0.4) is 0 Å². The monoisotopic (exact) mass is 743 g/mol. The van der Waals surface area contributed by atoms with Crippen molar-refractivity contribution in [3.05, 3.63) is 126 Å². The van der Waals surface area contributed by atoms with E-state index in [0.717, 1.165) is 20.7 Å². The first-order chi connectivity index (χ1) is 24.0.